The van der Waals surface area contributed by atoms with Gasteiger partial charge in [-0.15, -0.1) is 0 Å². The van der Waals surface area contributed by atoms with E-state index in [1.165, 1.54) is 12.0 Å². The molecule has 0 N–H and O–H groups in total. The molecule has 1 heterocycles. The first-order valence-corrected chi connectivity index (χ1v) is 4.67. The van der Waals surface area contributed by atoms with Crippen LogP contribution in [0.15, 0.2) is 33.8 Å². The van der Waals surface area contributed by atoms with Crippen LogP contribution in [-0.2, 0) is 0 Å². The monoisotopic (exact) mass is 174 g/mol. The highest BCUT2D eigenvalue weighted by atomic mass is 14.9. The minimum atomic E-state index is -0.0503. The summed E-state index contributed by atoms with van der Waals surface area (Å²) in [5, 5.41) is 0. The summed E-state index contributed by atoms with van der Waals surface area (Å²) in [6, 6.07) is 0. The van der Waals surface area contributed by atoms with Crippen LogP contribution in [0, 0.1) is 0 Å². The first kappa shape index (κ1) is 8.42. The van der Waals surface area contributed by atoms with E-state index in [1.54, 1.807) is 6.34 Å². The van der Waals surface area contributed by atoms with Crippen molar-refractivity contribution in [3.8, 4) is 0 Å². The van der Waals surface area contributed by atoms with Gasteiger partial charge in [0, 0.05) is 6.21 Å². The number of hydrogen-bond donors (Lipinski definition) is 0. The molecule has 0 radical (unpaired) electrons. The maximum atomic E-state index is 4.43. The van der Waals surface area contributed by atoms with Crippen LogP contribution < -0.4 is 0 Å². The molecule has 1 atom stereocenters. The first-order valence-electron chi connectivity index (χ1n) is 4.67. The van der Waals surface area contributed by atoms with Gasteiger partial charge in [-0.05, 0) is 43.4 Å². The lowest BCUT2D eigenvalue weighted by molar-refractivity contribution is 0.524. The zero-order valence-corrected chi connectivity index (χ0v) is 7.95. The summed E-state index contributed by atoms with van der Waals surface area (Å²) in [4.78, 5) is 8.53. The Hall–Kier alpha value is -1.18. The van der Waals surface area contributed by atoms with Gasteiger partial charge in [0.2, 0.25) is 0 Å². The Morgan fingerprint density at radius 3 is 3.23 bits per heavy atom. The van der Waals surface area contributed by atoms with Crippen LogP contribution in [0.4, 0.5) is 0 Å². The highest BCUT2D eigenvalue weighted by Gasteiger charge is 2.24. The van der Waals surface area contributed by atoms with Crippen molar-refractivity contribution >= 4 is 12.6 Å². The summed E-state index contributed by atoms with van der Waals surface area (Å²) < 4.78 is 0. The van der Waals surface area contributed by atoms with Crippen LogP contribution in [0.1, 0.15) is 26.2 Å². The summed E-state index contributed by atoms with van der Waals surface area (Å²) >= 11 is 0. The molecule has 2 nitrogen and oxygen atoms in total. The van der Waals surface area contributed by atoms with Crippen LogP contribution >= 0.6 is 0 Å². The molecule has 1 unspecified atom stereocenters. The number of nitrogens with zero attached hydrogens (tertiary/aromatic N) is 2. The Kier molecular flexibility index (Phi) is 1.91. The van der Waals surface area contributed by atoms with Crippen LogP contribution in [0.2, 0.25) is 0 Å². The van der Waals surface area contributed by atoms with Crippen LogP contribution in [0.3, 0.4) is 0 Å². The zero-order valence-electron chi connectivity index (χ0n) is 7.95. The summed E-state index contributed by atoms with van der Waals surface area (Å²) in [6.45, 7) is 6.20. The molecule has 0 amide bonds. The van der Waals surface area contributed by atoms with Crippen LogP contribution in [-0.4, -0.2) is 18.1 Å². The predicted molar refractivity (Wildman–Crippen MR) is 56.5 cm³/mol. The molecule has 2 heteroatoms. The third-order valence-corrected chi connectivity index (χ3v) is 2.67. The Labute approximate surface area is 78.8 Å². The lowest BCUT2D eigenvalue weighted by Crippen LogP contribution is -2.17. The van der Waals surface area contributed by atoms with Gasteiger partial charge < -0.3 is 0 Å². The second kappa shape index (κ2) is 2.95. The fourth-order valence-corrected chi connectivity index (χ4v) is 1.82. The molecule has 0 saturated carbocycles. The number of fused-ring (bicyclic) bond motifs is 1. The van der Waals surface area contributed by atoms with Gasteiger partial charge in [0.05, 0.1) is 5.54 Å². The summed E-state index contributed by atoms with van der Waals surface area (Å²) in [5.74, 6) is 0. The molecule has 0 spiro atoms. The van der Waals surface area contributed by atoms with Crippen molar-refractivity contribution in [2.75, 3.05) is 0 Å². The predicted octanol–water partition coefficient (Wildman–Crippen LogP) is 2.52. The van der Waals surface area contributed by atoms with Crippen molar-refractivity contribution in [1.29, 1.82) is 0 Å². The van der Waals surface area contributed by atoms with E-state index in [0.717, 1.165) is 18.4 Å². The van der Waals surface area contributed by atoms with Crippen LogP contribution in [0.25, 0.3) is 0 Å². The standard InChI is InChI=1S/C11H14N2/c1-9-4-3-5-11(2)6-10(9)7-12-8-13-11/h6-8H,1,3-5H2,2H3. The van der Waals surface area contributed by atoms with Gasteiger partial charge >= 0.3 is 0 Å². The quantitative estimate of drug-likeness (QED) is 0.539. The topological polar surface area (TPSA) is 24.7 Å². The van der Waals surface area contributed by atoms with E-state index in [-0.39, 0.29) is 5.54 Å². The zero-order chi connectivity index (χ0) is 9.31. The van der Waals surface area contributed by atoms with E-state index in [2.05, 4.69) is 29.6 Å². The number of aliphatic imine (C=N–C) groups is 2. The molecule has 1 aliphatic heterocycles. The Morgan fingerprint density at radius 1 is 1.54 bits per heavy atom. The van der Waals surface area contributed by atoms with Crippen molar-refractivity contribution in [1.82, 2.24) is 0 Å². The Morgan fingerprint density at radius 2 is 2.38 bits per heavy atom. The van der Waals surface area contributed by atoms with Gasteiger partial charge in [-0.3, -0.25) is 4.99 Å². The highest BCUT2D eigenvalue weighted by molar-refractivity contribution is 5.90. The van der Waals surface area contributed by atoms with Crippen molar-refractivity contribution in [3.05, 3.63) is 23.8 Å². The second-order valence-corrected chi connectivity index (χ2v) is 3.94. The fourth-order valence-electron chi connectivity index (χ4n) is 1.82. The molecule has 0 aromatic heterocycles. The highest BCUT2D eigenvalue weighted by Crippen LogP contribution is 2.30. The average molecular weight is 174 g/mol. The van der Waals surface area contributed by atoms with E-state index in [1.807, 2.05) is 6.21 Å². The lowest BCUT2D eigenvalue weighted by atomic mass is 9.96. The third-order valence-electron chi connectivity index (χ3n) is 2.67. The lowest BCUT2D eigenvalue weighted by Gasteiger charge is -2.18. The molecule has 0 fully saturated rings. The van der Waals surface area contributed by atoms with E-state index >= 15 is 0 Å². The Balaban J connectivity index is 2.44. The van der Waals surface area contributed by atoms with E-state index in [0.29, 0.717) is 0 Å². The van der Waals surface area contributed by atoms with Crippen LogP contribution in [0.5, 0.6) is 0 Å². The maximum absolute atomic E-state index is 4.43. The van der Waals surface area contributed by atoms with Crippen molar-refractivity contribution in [2.45, 2.75) is 31.7 Å². The van der Waals surface area contributed by atoms with Crippen molar-refractivity contribution < 1.29 is 0 Å². The van der Waals surface area contributed by atoms with Crippen molar-refractivity contribution in [3.63, 3.8) is 0 Å². The van der Waals surface area contributed by atoms with Gasteiger partial charge in [0.15, 0.2) is 0 Å². The van der Waals surface area contributed by atoms with E-state index in [9.17, 15) is 0 Å². The SMILES string of the molecule is C=C1CCCC2(C)C=C1C=NC=N2. The van der Waals surface area contributed by atoms with Gasteiger partial charge in [0.25, 0.3) is 0 Å². The second-order valence-electron chi connectivity index (χ2n) is 3.94. The minimum absolute atomic E-state index is 0.0503. The molecule has 2 aliphatic rings. The molecule has 2 rings (SSSR count). The molecular weight excluding hydrogens is 160 g/mol. The summed E-state index contributed by atoms with van der Waals surface area (Å²) in [7, 11) is 0. The maximum Gasteiger partial charge on any atom is 0.110 e. The normalized spacial score (nSPS) is 32.4. The number of hydrogen-bond acceptors (Lipinski definition) is 2. The summed E-state index contributed by atoms with van der Waals surface area (Å²) in [5.41, 5.74) is 2.31. The minimum Gasteiger partial charge on any atom is -0.263 e. The average Bonchev–Trinajstić information content (AvgIpc) is 2.34. The summed E-state index contributed by atoms with van der Waals surface area (Å²) in [6.07, 6.45) is 9.04. The molecule has 13 heavy (non-hydrogen) atoms. The fraction of sp³-hybridized carbons (Fsp3) is 0.455. The van der Waals surface area contributed by atoms with Gasteiger partial charge in [0.1, 0.15) is 6.34 Å². The first-order chi connectivity index (χ1) is 6.20. The largest absolute Gasteiger partial charge is 0.263 e. The van der Waals surface area contributed by atoms with Crippen molar-refractivity contribution in [2.24, 2.45) is 9.98 Å². The molecule has 68 valence electrons. The number of allylic oxidation sites excluding steroid dienone is 2. The van der Waals surface area contributed by atoms with Gasteiger partial charge in [-0.2, -0.15) is 0 Å². The molecule has 0 aromatic carbocycles. The number of rotatable bonds is 0. The molecule has 0 saturated heterocycles. The van der Waals surface area contributed by atoms with E-state index in [4.69, 9.17) is 0 Å². The molecule has 0 aromatic rings. The van der Waals surface area contributed by atoms with Gasteiger partial charge in [-0.1, -0.05) is 6.58 Å². The smallest absolute Gasteiger partial charge is 0.110 e. The third kappa shape index (κ3) is 1.62. The molecule has 2 bridgehead atoms. The Bertz CT molecular complexity index is 323. The van der Waals surface area contributed by atoms with Gasteiger partial charge in [-0.25, -0.2) is 4.99 Å². The van der Waals surface area contributed by atoms with E-state index < -0.39 is 0 Å². The molecular formula is C11H14N2. The molecule has 1 aliphatic carbocycles.